The summed E-state index contributed by atoms with van der Waals surface area (Å²) in [5, 5.41) is 9.06. The minimum atomic E-state index is -1.04. The number of hydrogen-bond acceptors (Lipinski definition) is 4. The van der Waals surface area contributed by atoms with Crippen molar-refractivity contribution < 1.29 is 24.2 Å². The highest BCUT2D eigenvalue weighted by molar-refractivity contribution is 5.90. The molecule has 0 aliphatic heterocycles. The first-order valence-corrected chi connectivity index (χ1v) is 6.89. The molecule has 0 radical (unpaired) electrons. The molecule has 1 amide bonds. The number of nitrogens with zero attached hydrogens (tertiary/aromatic N) is 1. The first kappa shape index (κ1) is 17.8. The van der Waals surface area contributed by atoms with Crippen molar-refractivity contribution in [2.24, 2.45) is 0 Å². The van der Waals surface area contributed by atoms with Crippen LogP contribution in [0.1, 0.15) is 26.3 Å². The highest BCUT2D eigenvalue weighted by Crippen LogP contribution is 2.34. The van der Waals surface area contributed by atoms with Crippen molar-refractivity contribution in [2.75, 3.05) is 21.3 Å². The molecule has 0 aliphatic carbocycles. The van der Waals surface area contributed by atoms with Crippen LogP contribution in [-0.2, 0) is 15.0 Å². The average molecular weight is 309 g/mol. The molecule has 122 valence electrons. The van der Waals surface area contributed by atoms with Gasteiger partial charge < -0.3 is 19.5 Å². The predicted octanol–water partition coefficient (Wildman–Crippen LogP) is 1.91. The van der Waals surface area contributed by atoms with E-state index >= 15 is 0 Å². The summed E-state index contributed by atoms with van der Waals surface area (Å²) in [6, 6.07) is 4.34. The molecule has 0 heterocycles. The summed E-state index contributed by atoms with van der Waals surface area (Å²) < 4.78 is 10.4. The summed E-state index contributed by atoms with van der Waals surface area (Å²) in [6.07, 6.45) is 0. The van der Waals surface area contributed by atoms with Gasteiger partial charge in [0.1, 0.15) is 6.04 Å². The van der Waals surface area contributed by atoms with Crippen LogP contribution in [0.4, 0.5) is 0 Å². The Morgan fingerprint density at radius 2 is 1.73 bits per heavy atom. The number of methoxy groups -OCH3 is 2. The van der Waals surface area contributed by atoms with Gasteiger partial charge in [0.25, 0.3) is 0 Å². The summed E-state index contributed by atoms with van der Waals surface area (Å²) in [4.78, 5) is 25.0. The molecule has 0 saturated carbocycles. The van der Waals surface area contributed by atoms with Crippen molar-refractivity contribution in [3.63, 3.8) is 0 Å². The number of amides is 1. The molecule has 0 spiro atoms. The third kappa shape index (κ3) is 3.32. The number of likely N-dealkylation sites (N-methyl/N-ethyl adjacent to an activating group) is 1. The largest absolute Gasteiger partial charge is 0.493 e. The molecule has 0 saturated heterocycles. The Hall–Kier alpha value is -2.24. The Balaban J connectivity index is 3.17. The van der Waals surface area contributed by atoms with E-state index in [4.69, 9.17) is 14.6 Å². The van der Waals surface area contributed by atoms with Crippen LogP contribution in [0.5, 0.6) is 11.5 Å². The van der Waals surface area contributed by atoms with Gasteiger partial charge in [-0.1, -0.05) is 6.07 Å². The molecule has 1 N–H and O–H groups in total. The van der Waals surface area contributed by atoms with Gasteiger partial charge in [-0.3, -0.25) is 4.79 Å². The summed E-state index contributed by atoms with van der Waals surface area (Å²) in [5.74, 6) is -0.231. The number of benzene rings is 1. The van der Waals surface area contributed by atoms with E-state index in [1.807, 2.05) is 0 Å². The molecule has 1 aromatic carbocycles. The SMILES string of the molecule is COc1ccc(C(C)(C)C(=O)N(C)C(C)C(=O)O)cc1OC. The number of carboxylic acid groups (broad SMARTS) is 1. The van der Waals surface area contributed by atoms with Gasteiger partial charge in [0.2, 0.25) is 5.91 Å². The van der Waals surface area contributed by atoms with E-state index in [1.165, 1.54) is 33.1 Å². The lowest BCUT2D eigenvalue weighted by Crippen LogP contribution is -2.48. The molecular weight excluding hydrogens is 286 g/mol. The van der Waals surface area contributed by atoms with Crippen LogP contribution in [0.3, 0.4) is 0 Å². The molecule has 1 unspecified atom stereocenters. The fraction of sp³-hybridized carbons (Fsp3) is 0.500. The lowest BCUT2D eigenvalue weighted by atomic mass is 9.82. The van der Waals surface area contributed by atoms with Crippen molar-refractivity contribution in [1.29, 1.82) is 0 Å². The fourth-order valence-electron chi connectivity index (χ4n) is 2.13. The maximum absolute atomic E-state index is 12.7. The Bertz CT molecular complexity index is 568. The monoisotopic (exact) mass is 309 g/mol. The van der Waals surface area contributed by atoms with Gasteiger partial charge in [0, 0.05) is 7.05 Å². The number of rotatable bonds is 6. The highest BCUT2D eigenvalue weighted by Gasteiger charge is 2.36. The molecule has 6 nitrogen and oxygen atoms in total. The fourth-order valence-corrected chi connectivity index (χ4v) is 2.13. The van der Waals surface area contributed by atoms with E-state index in [1.54, 1.807) is 32.0 Å². The molecule has 0 aliphatic rings. The number of carbonyl (C=O) groups excluding carboxylic acids is 1. The molecule has 22 heavy (non-hydrogen) atoms. The average Bonchev–Trinajstić information content (AvgIpc) is 2.51. The number of aliphatic carboxylic acids is 1. The van der Waals surface area contributed by atoms with Crippen molar-refractivity contribution in [3.8, 4) is 11.5 Å². The van der Waals surface area contributed by atoms with E-state index in [0.29, 0.717) is 11.5 Å². The van der Waals surface area contributed by atoms with Crippen molar-refractivity contribution in [1.82, 2.24) is 4.90 Å². The zero-order valence-electron chi connectivity index (χ0n) is 13.8. The lowest BCUT2D eigenvalue weighted by Gasteiger charge is -2.32. The number of ether oxygens (including phenoxy) is 2. The number of carbonyl (C=O) groups is 2. The van der Waals surface area contributed by atoms with Gasteiger partial charge in [-0.25, -0.2) is 4.79 Å². The molecule has 6 heteroatoms. The minimum absolute atomic E-state index is 0.283. The Labute approximate surface area is 130 Å². The van der Waals surface area contributed by atoms with E-state index in [-0.39, 0.29) is 5.91 Å². The number of carboxylic acids is 1. The lowest BCUT2D eigenvalue weighted by molar-refractivity contribution is -0.150. The first-order valence-electron chi connectivity index (χ1n) is 6.89. The topological polar surface area (TPSA) is 76.1 Å². The van der Waals surface area contributed by atoms with Crippen molar-refractivity contribution in [3.05, 3.63) is 23.8 Å². The Morgan fingerprint density at radius 3 is 2.18 bits per heavy atom. The van der Waals surface area contributed by atoms with Gasteiger partial charge in [-0.2, -0.15) is 0 Å². The van der Waals surface area contributed by atoms with Gasteiger partial charge in [0.15, 0.2) is 11.5 Å². The van der Waals surface area contributed by atoms with Crippen molar-refractivity contribution >= 4 is 11.9 Å². The molecule has 1 aromatic rings. The van der Waals surface area contributed by atoms with Crippen LogP contribution in [0.2, 0.25) is 0 Å². The normalized spacial score (nSPS) is 12.5. The highest BCUT2D eigenvalue weighted by atomic mass is 16.5. The Kier molecular flexibility index (Phi) is 5.41. The third-order valence-corrected chi connectivity index (χ3v) is 3.90. The molecule has 1 atom stereocenters. The molecule has 0 fully saturated rings. The second-order valence-corrected chi connectivity index (χ2v) is 5.63. The maximum atomic E-state index is 12.7. The van der Waals surface area contributed by atoms with Gasteiger partial charge in [0.05, 0.1) is 19.6 Å². The summed E-state index contributed by atoms with van der Waals surface area (Å²) in [7, 11) is 4.55. The maximum Gasteiger partial charge on any atom is 0.326 e. The van der Waals surface area contributed by atoms with E-state index in [0.717, 1.165) is 5.56 Å². The smallest absolute Gasteiger partial charge is 0.326 e. The van der Waals surface area contributed by atoms with E-state index in [9.17, 15) is 9.59 Å². The van der Waals surface area contributed by atoms with E-state index in [2.05, 4.69) is 0 Å². The predicted molar refractivity (Wildman–Crippen MR) is 82.4 cm³/mol. The van der Waals surface area contributed by atoms with Crippen LogP contribution >= 0.6 is 0 Å². The van der Waals surface area contributed by atoms with Crippen LogP contribution in [0.25, 0.3) is 0 Å². The second kappa shape index (κ2) is 6.68. The second-order valence-electron chi connectivity index (χ2n) is 5.63. The van der Waals surface area contributed by atoms with Gasteiger partial charge in [-0.05, 0) is 38.5 Å². The number of hydrogen-bond donors (Lipinski definition) is 1. The van der Waals surface area contributed by atoms with Crippen LogP contribution in [-0.4, -0.2) is 49.2 Å². The molecule has 0 bridgehead atoms. The van der Waals surface area contributed by atoms with E-state index < -0.39 is 17.4 Å². The summed E-state index contributed by atoms with van der Waals surface area (Å²) in [6.45, 7) is 4.98. The zero-order valence-corrected chi connectivity index (χ0v) is 13.8. The minimum Gasteiger partial charge on any atom is -0.493 e. The van der Waals surface area contributed by atoms with Crippen LogP contribution in [0, 0.1) is 0 Å². The van der Waals surface area contributed by atoms with Gasteiger partial charge in [-0.15, -0.1) is 0 Å². The molecule has 1 rings (SSSR count). The van der Waals surface area contributed by atoms with Crippen LogP contribution < -0.4 is 9.47 Å². The Morgan fingerprint density at radius 1 is 1.18 bits per heavy atom. The first-order chi connectivity index (χ1) is 10.2. The van der Waals surface area contributed by atoms with Crippen molar-refractivity contribution in [2.45, 2.75) is 32.2 Å². The summed E-state index contributed by atoms with van der Waals surface area (Å²) in [5.41, 5.74) is -0.169. The zero-order chi connectivity index (χ0) is 17.1. The quantitative estimate of drug-likeness (QED) is 0.868. The van der Waals surface area contributed by atoms with Gasteiger partial charge >= 0.3 is 5.97 Å². The third-order valence-electron chi connectivity index (χ3n) is 3.90. The molecular formula is C16H23NO5. The standard InChI is InChI=1S/C16H23NO5/c1-10(14(18)19)17(4)15(20)16(2,3)11-7-8-12(21-5)13(9-11)22-6/h7-10H,1-6H3,(H,18,19). The van der Waals surface area contributed by atoms with Crippen LogP contribution in [0.15, 0.2) is 18.2 Å². The summed E-state index contributed by atoms with van der Waals surface area (Å²) >= 11 is 0. The molecule has 0 aromatic heterocycles.